The van der Waals surface area contributed by atoms with Crippen LogP contribution in [0.1, 0.15) is 23.4 Å². The van der Waals surface area contributed by atoms with Crippen LogP contribution in [0.3, 0.4) is 0 Å². The molecule has 0 bridgehead atoms. The van der Waals surface area contributed by atoms with Crippen molar-refractivity contribution in [1.29, 1.82) is 0 Å². The minimum absolute atomic E-state index is 0.0888. The molecule has 1 aliphatic heterocycles. The van der Waals surface area contributed by atoms with Gasteiger partial charge in [-0.15, -0.1) is 0 Å². The normalized spacial score (nSPS) is 13.9. The van der Waals surface area contributed by atoms with Crippen LogP contribution >= 0.6 is 0 Å². The maximum Gasteiger partial charge on any atom is 0.449 e. The Morgan fingerprint density at radius 3 is 2.50 bits per heavy atom. The fourth-order valence-electron chi connectivity index (χ4n) is 3.45. The smallest absolute Gasteiger partial charge is 0.449 e. The van der Waals surface area contributed by atoms with Crippen LogP contribution in [0.25, 0.3) is 11.0 Å². The summed E-state index contributed by atoms with van der Waals surface area (Å²) in [7, 11) is 0. The number of anilines is 1. The lowest BCUT2D eigenvalue weighted by atomic mass is 10.1. The van der Waals surface area contributed by atoms with E-state index in [1.807, 2.05) is 26.0 Å². The number of carbonyl (C=O) groups excluding carboxylic acids is 1. The standard InChI is InChI=1S/C21H20F3N3O3/c1-12-4-5-14(13(2)8-12)25-19(28)11-27-16-10-18-17(29-6-3-7-30-18)9-15(16)26-20(27)21(22,23)24/h4-5,8-10H,3,6-7,11H2,1-2H3,(H,25,28). The third kappa shape index (κ3) is 3.92. The van der Waals surface area contributed by atoms with Gasteiger partial charge >= 0.3 is 6.18 Å². The molecule has 3 aromatic rings. The molecule has 2 heterocycles. The van der Waals surface area contributed by atoms with Crippen LogP contribution in [-0.4, -0.2) is 28.7 Å². The van der Waals surface area contributed by atoms with E-state index in [2.05, 4.69) is 10.3 Å². The van der Waals surface area contributed by atoms with E-state index in [0.29, 0.717) is 36.8 Å². The molecule has 6 nitrogen and oxygen atoms in total. The quantitative estimate of drug-likeness (QED) is 0.680. The molecule has 0 aliphatic carbocycles. The zero-order valence-corrected chi connectivity index (χ0v) is 16.5. The summed E-state index contributed by atoms with van der Waals surface area (Å²) >= 11 is 0. The summed E-state index contributed by atoms with van der Waals surface area (Å²) < 4.78 is 52.9. The monoisotopic (exact) mass is 419 g/mol. The van der Waals surface area contributed by atoms with Crippen LogP contribution in [0, 0.1) is 13.8 Å². The summed E-state index contributed by atoms with van der Waals surface area (Å²) in [5.41, 5.74) is 2.64. The summed E-state index contributed by atoms with van der Waals surface area (Å²) in [4.78, 5) is 16.3. The number of ether oxygens (including phenoxy) is 2. The Hall–Kier alpha value is -3.23. The Bertz CT molecular complexity index is 1120. The molecule has 1 aromatic heterocycles. The number of nitrogens with zero attached hydrogens (tertiary/aromatic N) is 2. The molecule has 2 aromatic carbocycles. The Labute approximate surface area is 170 Å². The van der Waals surface area contributed by atoms with Gasteiger partial charge in [-0.05, 0) is 25.5 Å². The van der Waals surface area contributed by atoms with Crippen molar-refractivity contribution in [1.82, 2.24) is 9.55 Å². The number of nitrogens with one attached hydrogen (secondary N) is 1. The highest BCUT2D eigenvalue weighted by atomic mass is 19.4. The van der Waals surface area contributed by atoms with Gasteiger partial charge in [0.25, 0.3) is 0 Å². The van der Waals surface area contributed by atoms with Crippen LogP contribution in [0.2, 0.25) is 0 Å². The number of alkyl halides is 3. The minimum atomic E-state index is -4.72. The Morgan fingerprint density at radius 1 is 1.13 bits per heavy atom. The number of rotatable bonds is 3. The maximum atomic E-state index is 13.6. The van der Waals surface area contributed by atoms with Crippen molar-refractivity contribution >= 4 is 22.6 Å². The van der Waals surface area contributed by atoms with E-state index in [4.69, 9.17) is 9.47 Å². The second-order valence-electron chi connectivity index (χ2n) is 7.22. The van der Waals surface area contributed by atoms with Crippen molar-refractivity contribution < 1.29 is 27.4 Å². The van der Waals surface area contributed by atoms with E-state index in [0.717, 1.165) is 15.7 Å². The van der Waals surface area contributed by atoms with Gasteiger partial charge in [0.05, 0.1) is 24.2 Å². The summed E-state index contributed by atoms with van der Waals surface area (Å²) in [5, 5.41) is 2.68. The number of hydrogen-bond donors (Lipinski definition) is 1. The maximum absolute atomic E-state index is 13.6. The van der Waals surface area contributed by atoms with Crippen molar-refractivity contribution in [2.45, 2.75) is 33.0 Å². The second kappa shape index (κ2) is 7.55. The minimum Gasteiger partial charge on any atom is -0.489 e. The zero-order chi connectivity index (χ0) is 21.5. The largest absolute Gasteiger partial charge is 0.489 e. The molecule has 0 radical (unpaired) electrons. The van der Waals surface area contributed by atoms with Gasteiger partial charge in [-0.3, -0.25) is 4.79 Å². The predicted octanol–water partition coefficient (Wildman–Crippen LogP) is 4.47. The number of carbonyl (C=O) groups is 1. The highest BCUT2D eigenvalue weighted by Crippen LogP contribution is 2.37. The molecule has 4 rings (SSSR count). The van der Waals surface area contributed by atoms with Gasteiger partial charge in [-0.2, -0.15) is 13.2 Å². The van der Waals surface area contributed by atoms with Crippen LogP contribution < -0.4 is 14.8 Å². The lowest BCUT2D eigenvalue weighted by Crippen LogP contribution is -2.23. The molecule has 0 fully saturated rings. The molecule has 9 heteroatoms. The van der Waals surface area contributed by atoms with Gasteiger partial charge in [-0.25, -0.2) is 4.98 Å². The average molecular weight is 419 g/mol. The lowest BCUT2D eigenvalue weighted by Gasteiger charge is -2.13. The second-order valence-corrected chi connectivity index (χ2v) is 7.22. The fraction of sp³-hybridized carbons (Fsp3) is 0.333. The summed E-state index contributed by atoms with van der Waals surface area (Å²) in [5.74, 6) is -1.05. The number of benzene rings is 2. The van der Waals surface area contributed by atoms with Crippen molar-refractivity contribution in [3.63, 3.8) is 0 Å². The molecule has 1 aliphatic rings. The van der Waals surface area contributed by atoms with Crippen molar-refractivity contribution in [3.05, 3.63) is 47.3 Å². The van der Waals surface area contributed by atoms with E-state index >= 15 is 0 Å². The van der Waals surface area contributed by atoms with Crippen LogP contribution in [0.5, 0.6) is 11.5 Å². The molecule has 1 amide bonds. The Balaban J connectivity index is 1.72. The molecule has 0 saturated carbocycles. The number of halogens is 3. The van der Waals surface area contributed by atoms with Gasteiger partial charge in [-0.1, -0.05) is 17.7 Å². The van der Waals surface area contributed by atoms with Crippen LogP contribution in [0.15, 0.2) is 30.3 Å². The van der Waals surface area contributed by atoms with Crippen molar-refractivity contribution in [2.24, 2.45) is 0 Å². The first kappa shape index (κ1) is 20.1. The van der Waals surface area contributed by atoms with Gasteiger partial charge in [0, 0.05) is 24.2 Å². The average Bonchev–Trinajstić information content (AvgIpc) is 2.85. The van der Waals surface area contributed by atoms with Crippen molar-refractivity contribution in [2.75, 3.05) is 18.5 Å². The van der Waals surface area contributed by atoms with Crippen LogP contribution in [0.4, 0.5) is 18.9 Å². The zero-order valence-electron chi connectivity index (χ0n) is 16.5. The van der Waals surface area contributed by atoms with Gasteiger partial charge in [0.15, 0.2) is 11.5 Å². The van der Waals surface area contributed by atoms with Gasteiger partial charge in [0.1, 0.15) is 6.54 Å². The number of fused-ring (bicyclic) bond motifs is 2. The molecule has 158 valence electrons. The van der Waals surface area contributed by atoms with Gasteiger partial charge < -0.3 is 19.4 Å². The molecular weight excluding hydrogens is 399 g/mol. The number of aromatic nitrogens is 2. The first-order valence-electron chi connectivity index (χ1n) is 9.46. The third-order valence-electron chi connectivity index (χ3n) is 4.83. The Morgan fingerprint density at radius 2 is 1.83 bits per heavy atom. The molecule has 0 spiro atoms. The number of hydrogen-bond acceptors (Lipinski definition) is 4. The summed E-state index contributed by atoms with van der Waals surface area (Å²) in [6, 6.07) is 8.30. The molecule has 30 heavy (non-hydrogen) atoms. The SMILES string of the molecule is Cc1ccc(NC(=O)Cn2c(C(F)(F)F)nc3cc4c(cc32)OCCCO4)c(C)c1. The predicted molar refractivity (Wildman–Crippen MR) is 105 cm³/mol. The van der Waals surface area contributed by atoms with Crippen LogP contribution in [-0.2, 0) is 17.5 Å². The lowest BCUT2D eigenvalue weighted by molar-refractivity contribution is -0.147. The Kier molecular flexibility index (Phi) is 5.05. The molecule has 0 saturated heterocycles. The third-order valence-corrected chi connectivity index (χ3v) is 4.83. The highest BCUT2D eigenvalue weighted by molar-refractivity contribution is 5.92. The molecule has 0 unspecified atom stereocenters. The van der Waals surface area contributed by atoms with E-state index < -0.39 is 24.5 Å². The first-order chi connectivity index (χ1) is 14.2. The van der Waals surface area contributed by atoms with Gasteiger partial charge in [0.2, 0.25) is 11.7 Å². The molecule has 0 atom stereocenters. The summed E-state index contributed by atoms with van der Waals surface area (Å²) in [6.07, 6.45) is -4.06. The first-order valence-corrected chi connectivity index (χ1v) is 9.46. The molecule has 1 N–H and O–H groups in total. The fourth-order valence-corrected chi connectivity index (χ4v) is 3.45. The highest BCUT2D eigenvalue weighted by Gasteiger charge is 2.38. The van der Waals surface area contributed by atoms with E-state index in [9.17, 15) is 18.0 Å². The summed E-state index contributed by atoms with van der Waals surface area (Å²) in [6.45, 7) is 4.00. The van der Waals surface area contributed by atoms with E-state index in [1.54, 1.807) is 6.07 Å². The van der Waals surface area contributed by atoms with Crippen molar-refractivity contribution in [3.8, 4) is 11.5 Å². The number of amides is 1. The van der Waals surface area contributed by atoms with E-state index in [1.165, 1.54) is 12.1 Å². The molecular formula is C21H20F3N3O3. The van der Waals surface area contributed by atoms with E-state index in [-0.39, 0.29) is 11.0 Å². The number of imidazole rings is 1. The number of aryl methyl sites for hydroxylation is 2. The topological polar surface area (TPSA) is 65.4 Å².